The molecule has 0 radical (unpaired) electrons. The third-order valence-corrected chi connectivity index (χ3v) is 6.29. The molecule has 3 rings (SSSR count). The van der Waals surface area contributed by atoms with E-state index in [1.165, 1.54) is 11.3 Å². The molecule has 1 unspecified atom stereocenters. The van der Waals surface area contributed by atoms with Crippen LogP contribution in [0.2, 0.25) is 0 Å². The van der Waals surface area contributed by atoms with Gasteiger partial charge in [0, 0.05) is 31.1 Å². The Bertz CT molecular complexity index is 742. The van der Waals surface area contributed by atoms with Crippen molar-refractivity contribution in [3.05, 3.63) is 59.7 Å². The summed E-state index contributed by atoms with van der Waals surface area (Å²) in [7, 11) is 1.65. The van der Waals surface area contributed by atoms with Crippen LogP contribution in [0.15, 0.2) is 48.5 Å². The Morgan fingerprint density at radius 3 is 2.37 bits per heavy atom. The van der Waals surface area contributed by atoms with Gasteiger partial charge >= 0.3 is 0 Å². The molecule has 1 atom stereocenters. The van der Waals surface area contributed by atoms with E-state index in [2.05, 4.69) is 43.0 Å². The smallest absolute Gasteiger partial charge is 0.228 e. The highest BCUT2D eigenvalue weighted by molar-refractivity contribution is 7.99. The molecular weight excluding hydrogens is 356 g/mol. The lowest BCUT2D eigenvalue weighted by Gasteiger charge is -2.26. The van der Waals surface area contributed by atoms with E-state index in [0.29, 0.717) is 6.42 Å². The second-order valence-corrected chi connectivity index (χ2v) is 7.79. The molecule has 1 aliphatic heterocycles. The van der Waals surface area contributed by atoms with Crippen LogP contribution in [0.25, 0.3) is 0 Å². The third kappa shape index (κ3) is 4.59. The van der Waals surface area contributed by atoms with Crippen LogP contribution < -0.4 is 9.64 Å². The topological polar surface area (TPSA) is 32.8 Å². The van der Waals surface area contributed by atoms with E-state index in [4.69, 9.17) is 4.74 Å². The standard InChI is InChI=1S/C22H28N2O2S/c1-4-23(5-2)19-10-8-18(9-11-19)22-24(14-15-27-22)21(25)16-17-6-12-20(26-3)13-7-17/h6-13,22H,4-5,14-16H2,1-3H3. The molecule has 4 nitrogen and oxygen atoms in total. The van der Waals surface area contributed by atoms with Gasteiger partial charge in [0.2, 0.25) is 5.91 Å². The number of rotatable bonds is 7. The van der Waals surface area contributed by atoms with Crippen LogP contribution in [0.3, 0.4) is 0 Å². The van der Waals surface area contributed by atoms with Gasteiger partial charge in [-0.2, -0.15) is 0 Å². The number of methoxy groups -OCH3 is 1. The Morgan fingerprint density at radius 1 is 1.11 bits per heavy atom. The lowest BCUT2D eigenvalue weighted by molar-refractivity contribution is -0.130. The maximum Gasteiger partial charge on any atom is 0.228 e. The van der Waals surface area contributed by atoms with E-state index < -0.39 is 0 Å². The van der Waals surface area contributed by atoms with Gasteiger partial charge in [0.1, 0.15) is 11.1 Å². The fourth-order valence-corrected chi connectivity index (χ4v) is 4.74. The van der Waals surface area contributed by atoms with Gasteiger partial charge in [-0.15, -0.1) is 11.8 Å². The molecule has 1 heterocycles. The number of hydrogen-bond acceptors (Lipinski definition) is 4. The van der Waals surface area contributed by atoms with E-state index in [0.717, 1.165) is 36.7 Å². The number of carbonyl (C=O) groups is 1. The minimum absolute atomic E-state index is 0.113. The zero-order valence-corrected chi connectivity index (χ0v) is 17.2. The van der Waals surface area contributed by atoms with Crippen LogP contribution in [-0.4, -0.2) is 43.3 Å². The summed E-state index contributed by atoms with van der Waals surface area (Å²) in [5.74, 6) is 1.98. The van der Waals surface area contributed by atoms with Gasteiger partial charge in [0.05, 0.1) is 13.5 Å². The Kier molecular flexibility index (Phi) is 6.67. The molecule has 1 amide bonds. The van der Waals surface area contributed by atoms with Gasteiger partial charge in [-0.3, -0.25) is 4.79 Å². The number of ether oxygens (including phenoxy) is 1. The number of hydrogen-bond donors (Lipinski definition) is 0. The van der Waals surface area contributed by atoms with E-state index in [-0.39, 0.29) is 11.3 Å². The van der Waals surface area contributed by atoms with Crippen LogP contribution >= 0.6 is 11.8 Å². The van der Waals surface area contributed by atoms with Gasteiger partial charge < -0.3 is 14.5 Å². The molecule has 0 aromatic heterocycles. The Balaban J connectivity index is 1.69. The molecule has 1 aliphatic rings. The molecule has 1 fully saturated rings. The summed E-state index contributed by atoms with van der Waals surface area (Å²) in [4.78, 5) is 17.2. The first-order valence-corrected chi connectivity index (χ1v) is 10.6. The SMILES string of the molecule is CCN(CC)c1ccc(C2SCCN2C(=O)Cc2ccc(OC)cc2)cc1. The number of nitrogens with zero attached hydrogens (tertiary/aromatic N) is 2. The second kappa shape index (κ2) is 9.18. The summed E-state index contributed by atoms with van der Waals surface area (Å²) >= 11 is 1.85. The third-order valence-electron chi connectivity index (χ3n) is 5.03. The van der Waals surface area contributed by atoms with Gasteiger partial charge in [0.15, 0.2) is 0 Å². The molecular formula is C22H28N2O2S. The number of anilines is 1. The maximum absolute atomic E-state index is 12.9. The second-order valence-electron chi connectivity index (χ2n) is 6.60. The molecule has 0 saturated carbocycles. The van der Waals surface area contributed by atoms with E-state index >= 15 is 0 Å². The monoisotopic (exact) mass is 384 g/mol. The fraction of sp³-hybridized carbons (Fsp3) is 0.409. The summed E-state index contributed by atoms with van der Waals surface area (Å²) in [5.41, 5.74) is 3.47. The van der Waals surface area contributed by atoms with E-state index in [1.54, 1.807) is 7.11 Å². The molecule has 0 bridgehead atoms. The molecule has 27 heavy (non-hydrogen) atoms. The van der Waals surface area contributed by atoms with Crippen LogP contribution in [0.5, 0.6) is 5.75 Å². The quantitative estimate of drug-likeness (QED) is 0.710. The predicted molar refractivity (Wildman–Crippen MR) is 114 cm³/mol. The normalized spacial score (nSPS) is 16.4. The lowest BCUT2D eigenvalue weighted by atomic mass is 10.1. The first-order chi connectivity index (χ1) is 13.2. The van der Waals surface area contributed by atoms with Crippen LogP contribution in [0.1, 0.15) is 30.3 Å². The van der Waals surface area contributed by atoms with Crippen molar-refractivity contribution < 1.29 is 9.53 Å². The Morgan fingerprint density at radius 2 is 1.78 bits per heavy atom. The lowest BCUT2D eigenvalue weighted by Crippen LogP contribution is -2.31. The largest absolute Gasteiger partial charge is 0.497 e. The van der Waals surface area contributed by atoms with Crippen molar-refractivity contribution in [3.8, 4) is 5.75 Å². The maximum atomic E-state index is 12.9. The highest BCUT2D eigenvalue weighted by Crippen LogP contribution is 2.38. The molecule has 0 N–H and O–H groups in total. The Hall–Kier alpha value is -2.14. The molecule has 2 aromatic carbocycles. The highest BCUT2D eigenvalue weighted by atomic mass is 32.2. The molecule has 1 saturated heterocycles. The van der Waals surface area contributed by atoms with Crippen LogP contribution in [-0.2, 0) is 11.2 Å². The predicted octanol–water partition coefficient (Wildman–Crippen LogP) is 4.36. The van der Waals surface area contributed by atoms with Crippen molar-refractivity contribution in [2.24, 2.45) is 0 Å². The molecule has 0 spiro atoms. The molecule has 5 heteroatoms. The average molecular weight is 385 g/mol. The van der Waals surface area contributed by atoms with Gasteiger partial charge in [-0.1, -0.05) is 24.3 Å². The summed E-state index contributed by atoms with van der Waals surface area (Å²) in [6.45, 7) is 7.15. The summed E-state index contributed by atoms with van der Waals surface area (Å²) in [6, 6.07) is 16.4. The zero-order chi connectivity index (χ0) is 19.2. The molecule has 2 aromatic rings. The summed E-state index contributed by atoms with van der Waals surface area (Å²) < 4.78 is 5.19. The number of carbonyl (C=O) groups excluding carboxylic acids is 1. The van der Waals surface area contributed by atoms with Crippen molar-refractivity contribution in [2.75, 3.05) is 37.4 Å². The van der Waals surface area contributed by atoms with Crippen molar-refractivity contribution >= 4 is 23.4 Å². The van der Waals surface area contributed by atoms with Gasteiger partial charge in [0.25, 0.3) is 0 Å². The van der Waals surface area contributed by atoms with Gasteiger partial charge in [-0.25, -0.2) is 0 Å². The van der Waals surface area contributed by atoms with E-state index in [9.17, 15) is 4.79 Å². The van der Waals surface area contributed by atoms with Crippen molar-refractivity contribution in [1.82, 2.24) is 4.90 Å². The summed E-state index contributed by atoms with van der Waals surface area (Å²) in [6.07, 6.45) is 0.429. The fourth-order valence-electron chi connectivity index (χ4n) is 3.46. The van der Waals surface area contributed by atoms with Crippen LogP contribution in [0.4, 0.5) is 5.69 Å². The minimum atomic E-state index is 0.113. The van der Waals surface area contributed by atoms with Crippen molar-refractivity contribution in [1.29, 1.82) is 0 Å². The van der Waals surface area contributed by atoms with Gasteiger partial charge in [-0.05, 0) is 49.2 Å². The number of thioether (sulfide) groups is 1. The zero-order valence-electron chi connectivity index (χ0n) is 16.4. The first-order valence-electron chi connectivity index (χ1n) is 9.55. The highest BCUT2D eigenvalue weighted by Gasteiger charge is 2.30. The molecule has 144 valence electrons. The first kappa shape index (κ1) is 19.6. The molecule has 0 aliphatic carbocycles. The minimum Gasteiger partial charge on any atom is -0.497 e. The van der Waals surface area contributed by atoms with Crippen molar-refractivity contribution in [2.45, 2.75) is 25.6 Å². The van der Waals surface area contributed by atoms with E-state index in [1.807, 2.05) is 40.9 Å². The number of benzene rings is 2. The number of amides is 1. The van der Waals surface area contributed by atoms with Crippen LogP contribution in [0, 0.1) is 0 Å². The average Bonchev–Trinajstić information content (AvgIpc) is 3.20. The van der Waals surface area contributed by atoms with Crippen molar-refractivity contribution in [3.63, 3.8) is 0 Å². The summed E-state index contributed by atoms with van der Waals surface area (Å²) in [5, 5.41) is 0.113. The Labute approximate surface area is 166 Å².